The highest BCUT2D eigenvalue weighted by atomic mass is 32.2. The van der Waals surface area contributed by atoms with Crippen LogP contribution >= 0.6 is 11.3 Å². The van der Waals surface area contributed by atoms with E-state index in [1.54, 1.807) is 10.3 Å². The number of piperazine rings is 1. The summed E-state index contributed by atoms with van der Waals surface area (Å²) in [6.07, 6.45) is 0.224. The van der Waals surface area contributed by atoms with Crippen LogP contribution in [0.15, 0.2) is 28.5 Å². The first kappa shape index (κ1) is 24.4. The number of halogens is 7. The molecule has 1 fully saturated rings. The number of anilines is 1. The van der Waals surface area contributed by atoms with Crippen LogP contribution in [0, 0.1) is 40.7 Å². The molecule has 14 heteroatoms. The van der Waals surface area contributed by atoms with Crippen LogP contribution in [0.2, 0.25) is 0 Å². The summed E-state index contributed by atoms with van der Waals surface area (Å²) in [5.41, 5.74) is 1.05. The van der Waals surface area contributed by atoms with Gasteiger partial charge in [0.2, 0.25) is 15.8 Å². The van der Waals surface area contributed by atoms with Crippen molar-refractivity contribution < 1.29 is 39.2 Å². The minimum atomic E-state index is -5.01. The highest BCUT2D eigenvalue weighted by Gasteiger charge is 2.38. The summed E-state index contributed by atoms with van der Waals surface area (Å²) in [6.45, 7) is -0.515. The van der Waals surface area contributed by atoms with Gasteiger partial charge >= 0.3 is 0 Å². The average molecular weight is 525 g/mol. The number of benzene rings is 2. The predicted molar refractivity (Wildman–Crippen MR) is 108 cm³/mol. The molecule has 0 atom stereocenters. The summed E-state index contributed by atoms with van der Waals surface area (Å²) in [6, 6.07) is 3.47. The molecule has 1 aliphatic heterocycles. The van der Waals surface area contributed by atoms with Crippen LogP contribution in [0.25, 0.3) is 0 Å². The van der Waals surface area contributed by atoms with Crippen LogP contribution in [0.1, 0.15) is 11.3 Å². The molecular weight excluding hydrogens is 511 g/mol. The normalized spacial score (nSPS) is 15.2. The molecule has 2 aromatic carbocycles. The summed E-state index contributed by atoms with van der Waals surface area (Å²) < 4.78 is 121. The van der Waals surface area contributed by atoms with Gasteiger partial charge in [0.25, 0.3) is 0 Å². The summed E-state index contributed by atoms with van der Waals surface area (Å²) >= 11 is 1.22. The molecule has 0 aliphatic carbocycles. The van der Waals surface area contributed by atoms with Gasteiger partial charge in [-0.15, -0.1) is 11.3 Å². The standard InChI is InChI=1S/C20H14F7N3O2S2/c21-12-2-1-10(8-13(12)22)7-11-9-33-20(28-11)29-3-5-30(6-4-29)34(31,32)19-17(26)15(24)14(23)16(25)18(19)27/h1-2,8-9H,3-7H2. The van der Waals surface area contributed by atoms with E-state index in [0.717, 1.165) is 12.1 Å². The Kier molecular flexibility index (Phi) is 6.57. The summed E-state index contributed by atoms with van der Waals surface area (Å²) in [4.78, 5) is 4.18. The minimum absolute atomic E-state index is 0.0345. The van der Waals surface area contributed by atoms with E-state index in [9.17, 15) is 39.2 Å². The quantitative estimate of drug-likeness (QED) is 0.285. The van der Waals surface area contributed by atoms with Gasteiger partial charge in [-0.3, -0.25) is 0 Å². The maximum Gasteiger partial charge on any atom is 0.249 e. The largest absolute Gasteiger partial charge is 0.345 e. The van der Waals surface area contributed by atoms with E-state index < -0.39 is 55.6 Å². The molecule has 0 radical (unpaired) electrons. The van der Waals surface area contributed by atoms with Crippen molar-refractivity contribution in [1.29, 1.82) is 0 Å². The van der Waals surface area contributed by atoms with Crippen LogP contribution in [-0.4, -0.2) is 43.9 Å². The highest BCUT2D eigenvalue weighted by Crippen LogP contribution is 2.30. The van der Waals surface area contributed by atoms with Crippen LogP contribution in [-0.2, 0) is 16.4 Å². The van der Waals surface area contributed by atoms with E-state index in [-0.39, 0.29) is 32.6 Å². The first-order valence-corrected chi connectivity index (χ1v) is 12.0. The van der Waals surface area contributed by atoms with Crippen molar-refractivity contribution in [3.8, 4) is 0 Å². The lowest BCUT2D eigenvalue weighted by Gasteiger charge is -2.33. The van der Waals surface area contributed by atoms with E-state index in [1.807, 2.05) is 0 Å². The van der Waals surface area contributed by atoms with Crippen LogP contribution in [0.5, 0.6) is 0 Å². The third-order valence-electron chi connectivity index (χ3n) is 5.19. The lowest BCUT2D eigenvalue weighted by atomic mass is 10.1. The Balaban J connectivity index is 1.47. The molecule has 1 aliphatic rings. The Morgan fingerprint density at radius 2 is 1.41 bits per heavy atom. The van der Waals surface area contributed by atoms with Gasteiger partial charge < -0.3 is 4.90 Å². The smallest absolute Gasteiger partial charge is 0.249 e. The Morgan fingerprint density at radius 3 is 2.00 bits per heavy atom. The zero-order valence-corrected chi connectivity index (χ0v) is 18.6. The van der Waals surface area contributed by atoms with Crippen molar-refractivity contribution in [3.63, 3.8) is 0 Å². The van der Waals surface area contributed by atoms with Crippen molar-refractivity contribution in [2.75, 3.05) is 31.1 Å². The Morgan fingerprint density at radius 1 is 0.824 bits per heavy atom. The van der Waals surface area contributed by atoms with E-state index in [0.29, 0.717) is 20.7 Å². The summed E-state index contributed by atoms with van der Waals surface area (Å²) in [5, 5.41) is 2.18. The van der Waals surface area contributed by atoms with Gasteiger partial charge in [-0.2, -0.15) is 4.31 Å². The molecule has 0 N–H and O–H groups in total. The summed E-state index contributed by atoms with van der Waals surface area (Å²) in [7, 11) is -5.01. The van der Waals surface area contributed by atoms with E-state index in [1.165, 1.54) is 17.4 Å². The van der Waals surface area contributed by atoms with E-state index in [2.05, 4.69) is 4.98 Å². The number of sulfonamides is 1. The van der Waals surface area contributed by atoms with Gasteiger partial charge in [-0.25, -0.2) is 44.1 Å². The topological polar surface area (TPSA) is 53.5 Å². The van der Waals surface area contributed by atoms with Gasteiger partial charge in [0.15, 0.2) is 44.9 Å². The van der Waals surface area contributed by atoms with Gasteiger partial charge in [0.05, 0.1) is 5.69 Å². The molecule has 2 heterocycles. The van der Waals surface area contributed by atoms with Crippen LogP contribution in [0.4, 0.5) is 35.9 Å². The molecule has 0 unspecified atom stereocenters. The van der Waals surface area contributed by atoms with Crippen molar-refractivity contribution >= 4 is 26.5 Å². The molecule has 1 saturated heterocycles. The van der Waals surface area contributed by atoms with Crippen molar-refractivity contribution in [3.05, 3.63) is 75.6 Å². The maximum absolute atomic E-state index is 14.0. The lowest BCUT2D eigenvalue weighted by Crippen LogP contribution is -2.49. The number of aromatic nitrogens is 1. The van der Waals surface area contributed by atoms with Gasteiger partial charge in [0.1, 0.15) is 0 Å². The minimum Gasteiger partial charge on any atom is -0.345 e. The second-order valence-electron chi connectivity index (χ2n) is 7.34. The highest BCUT2D eigenvalue weighted by molar-refractivity contribution is 7.89. The number of hydrogen-bond acceptors (Lipinski definition) is 5. The molecule has 4 rings (SSSR count). The van der Waals surface area contributed by atoms with Crippen molar-refractivity contribution in [2.24, 2.45) is 0 Å². The fourth-order valence-electron chi connectivity index (χ4n) is 3.44. The SMILES string of the molecule is O=S(=O)(c1c(F)c(F)c(F)c(F)c1F)N1CCN(c2nc(Cc3ccc(F)c(F)c3)cs2)CC1. The summed E-state index contributed by atoms with van der Waals surface area (Å²) in [5.74, 6) is -13.9. The molecule has 5 nitrogen and oxygen atoms in total. The van der Waals surface area contributed by atoms with Crippen LogP contribution < -0.4 is 4.90 Å². The molecule has 34 heavy (non-hydrogen) atoms. The maximum atomic E-state index is 14.0. The zero-order valence-electron chi connectivity index (χ0n) is 17.0. The first-order valence-electron chi connectivity index (χ1n) is 9.65. The second kappa shape index (κ2) is 9.15. The number of nitrogens with zero attached hydrogens (tertiary/aromatic N) is 3. The number of hydrogen-bond donors (Lipinski definition) is 0. The van der Waals surface area contributed by atoms with Crippen molar-refractivity contribution in [2.45, 2.75) is 11.3 Å². The molecule has 1 aromatic heterocycles. The molecule has 3 aromatic rings. The van der Waals surface area contributed by atoms with Gasteiger partial charge in [-0.1, -0.05) is 6.07 Å². The zero-order chi connectivity index (χ0) is 24.8. The van der Waals surface area contributed by atoms with Gasteiger partial charge in [-0.05, 0) is 17.7 Å². The van der Waals surface area contributed by atoms with Gasteiger partial charge in [0, 0.05) is 38.0 Å². The Bertz CT molecular complexity index is 1330. The average Bonchev–Trinajstić information content (AvgIpc) is 3.27. The third-order valence-corrected chi connectivity index (χ3v) is 8.05. The second-order valence-corrected chi connectivity index (χ2v) is 10.0. The predicted octanol–water partition coefficient (Wildman–Crippen LogP) is 4.22. The molecule has 0 spiro atoms. The number of rotatable bonds is 5. The number of thiazole rings is 1. The molecule has 182 valence electrons. The third kappa shape index (κ3) is 4.36. The molecular formula is C20H14F7N3O2S2. The molecule has 0 bridgehead atoms. The Labute approximate surface area is 193 Å². The van der Waals surface area contributed by atoms with Crippen LogP contribution in [0.3, 0.4) is 0 Å². The first-order chi connectivity index (χ1) is 16.0. The lowest BCUT2D eigenvalue weighted by molar-refractivity contribution is 0.344. The molecule has 0 amide bonds. The monoisotopic (exact) mass is 525 g/mol. The molecule has 0 saturated carbocycles. The Hall–Kier alpha value is -2.71. The fourth-order valence-corrected chi connectivity index (χ4v) is 5.86. The van der Waals surface area contributed by atoms with E-state index >= 15 is 0 Å². The van der Waals surface area contributed by atoms with E-state index in [4.69, 9.17) is 0 Å². The van der Waals surface area contributed by atoms with Crippen molar-refractivity contribution in [1.82, 2.24) is 9.29 Å². The fraction of sp³-hybridized carbons (Fsp3) is 0.250.